The Bertz CT molecular complexity index is 870. The molecule has 0 nitrogen and oxygen atoms in total. The summed E-state index contributed by atoms with van der Waals surface area (Å²) in [6.07, 6.45) is 12.4. The van der Waals surface area contributed by atoms with Crippen LogP contribution >= 0.6 is 11.6 Å². The maximum Gasteiger partial charge on any atom is 0.142 e. The van der Waals surface area contributed by atoms with Crippen LogP contribution in [0.4, 0.5) is 13.2 Å². The standard InChI is InChI=1S/C27H32ClF3/c1-17-2-4-18(5-3-17)6-7-19-8-10-20(11-9-19)22-15-25(30)27(26(31)16-22)21-12-13-23(28)24(29)14-21/h12-20H,2-11H2,1H3/t17-,18-,19?,20?. The number of hydrogen-bond donors (Lipinski definition) is 0. The summed E-state index contributed by atoms with van der Waals surface area (Å²) in [4.78, 5) is 0. The third kappa shape index (κ3) is 5.48. The van der Waals surface area contributed by atoms with Gasteiger partial charge in [-0.15, -0.1) is 0 Å². The zero-order chi connectivity index (χ0) is 22.0. The predicted molar refractivity (Wildman–Crippen MR) is 122 cm³/mol. The zero-order valence-electron chi connectivity index (χ0n) is 18.3. The Labute approximate surface area is 189 Å². The van der Waals surface area contributed by atoms with Gasteiger partial charge in [-0.3, -0.25) is 0 Å². The number of rotatable bonds is 5. The van der Waals surface area contributed by atoms with Crippen LogP contribution in [0.3, 0.4) is 0 Å². The molecule has 0 spiro atoms. The fourth-order valence-corrected chi connectivity index (χ4v) is 5.75. The van der Waals surface area contributed by atoms with Gasteiger partial charge in [0, 0.05) is 0 Å². The Kier molecular flexibility index (Phi) is 7.31. The zero-order valence-corrected chi connectivity index (χ0v) is 19.0. The van der Waals surface area contributed by atoms with Crippen LogP contribution in [-0.2, 0) is 0 Å². The van der Waals surface area contributed by atoms with Gasteiger partial charge in [0.1, 0.15) is 17.5 Å². The molecule has 2 saturated carbocycles. The molecule has 4 rings (SSSR count). The molecule has 0 saturated heterocycles. The van der Waals surface area contributed by atoms with Crippen LogP contribution in [0.2, 0.25) is 5.02 Å². The molecule has 0 N–H and O–H groups in total. The monoisotopic (exact) mass is 448 g/mol. The lowest BCUT2D eigenvalue weighted by Crippen LogP contribution is -2.17. The van der Waals surface area contributed by atoms with E-state index >= 15 is 0 Å². The Hall–Kier alpha value is -1.48. The molecule has 2 aliphatic rings. The first-order valence-corrected chi connectivity index (χ1v) is 12.2. The van der Waals surface area contributed by atoms with E-state index in [0.717, 1.165) is 55.1 Å². The van der Waals surface area contributed by atoms with Crippen molar-refractivity contribution in [3.8, 4) is 11.1 Å². The largest absolute Gasteiger partial charge is 0.206 e. The molecule has 2 aliphatic carbocycles. The van der Waals surface area contributed by atoms with E-state index in [1.165, 1.54) is 62.8 Å². The summed E-state index contributed by atoms with van der Waals surface area (Å²) in [5.74, 6) is 0.812. The quantitative estimate of drug-likeness (QED) is 0.427. The van der Waals surface area contributed by atoms with Gasteiger partial charge >= 0.3 is 0 Å². The molecule has 0 heterocycles. The first kappa shape index (κ1) is 22.7. The Morgan fingerprint density at radius 1 is 0.742 bits per heavy atom. The van der Waals surface area contributed by atoms with Crippen LogP contribution in [0.25, 0.3) is 11.1 Å². The summed E-state index contributed by atoms with van der Waals surface area (Å²) in [5.41, 5.74) is 0.715. The first-order valence-electron chi connectivity index (χ1n) is 11.8. The van der Waals surface area contributed by atoms with E-state index in [2.05, 4.69) is 6.92 Å². The molecule has 0 unspecified atom stereocenters. The van der Waals surface area contributed by atoms with Gasteiger partial charge in [0.15, 0.2) is 0 Å². The molecule has 0 aromatic heterocycles. The second-order valence-electron chi connectivity index (χ2n) is 9.91. The van der Waals surface area contributed by atoms with Gasteiger partial charge in [-0.05, 0) is 84.7 Å². The highest BCUT2D eigenvalue weighted by Crippen LogP contribution is 2.41. The minimum atomic E-state index is -0.678. The van der Waals surface area contributed by atoms with Crippen molar-refractivity contribution in [2.75, 3.05) is 0 Å². The lowest BCUT2D eigenvalue weighted by atomic mass is 9.74. The van der Waals surface area contributed by atoms with Crippen LogP contribution in [0.15, 0.2) is 30.3 Å². The van der Waals surface area contributed by atoms with E-state index in [0.29, 0.717) is 0 Å². The second-order valence-corrected chi connectivity index (χ2v) is 10.3. The van der Waals surface area contributed by atoms with Crippen LogP contribution in [0.5, 0.6) is 0 Å². The highest BCUT2D eigenvalue weighted by Gasteiger charge is 2.26. The van der Waals surface area contributed by atoms with E-state index in [-0.39, 0.29) is 22.1 Å². The van der Waals surface area contributed by atoms with Gasteiger partial charge in [0.2, 0.25) is 0 Å². The summed E-state index contributed by atoms with van der Waals surface area (Å²) < 4.78 is 43.4. The first-order chi connectivity index (χ1) is 14.9. The van der Waals surface area contributed by atoms with Gasteiger partial charge in [-0.25, -0.2) is 13.2 Å². The van der Waals surface area contributed by atoms with Crippen molar-refractivity contribution in [2.45, 2.75) is 77.0 Å². The van der Waals surface area contributed by atoms with Crippen LogP contribution in [0.1, 0.15) is 82.6 Å². The Balaban J connectivity index is 1.36. The number of hydrogen-bond acceptors (Lipinski definition) is 0. The normalized spacial score (nSPS) is 26.7. The fraction of sp³-hybridized carbons (Fsp3) is 0.556. The average Bonchev–Trinajstić information content (AvgIpc) is 2.75. The molecule has 2 fully saturated rings. The highest BCUT2D eigenvalue weighted by molar-refractivity contribution is 6.30. The van der Waals surface area contributed by atoms with Gasteiger partial charge in [-0.2, -0.15) is 0 Å². The van der Waals surface area contributed by atoms with E-state index in [9.17, 15) is 13.2 Å². The molecule has 168 valence electrons. The smallest absolute Gasteiger partial charge is 0.142 e. The lowest BCUT2D eigenvalue weighted by molar-refractivity contribution is 0.237. The number of halogens is 4. The average molecular weight is 449 g/mol. The third-order valence-electron chi connectivity index (χ3n) is 7.71. The third-order valence-corrected chi connectivity index (χ3v) is 8.02. The van der Waals surface area contributed by atoms with Crippen LogP contribution in [-0.4, -0.2) is 0 Å². The molecule has 0 bridgehead atoms. The molecular weight excluding hydrogens is 417 g/mol. The van der Waals surface area contributed by atoms with Gasteiger partial charge < -0.3 is 0 Å². The maximum atomic E-state index is 14.8. The molecule has 0 aliphatic heterocycles. The topological polar surface area (TPSA) is 0 Å². The highest BCUT2D eigenvalue weighted by atomic mass is 35.5. The van der Waals surface area contributed by atoms with Gasteiger partial charge in [-0.1, -0.05) is 63.1 Å². The predicted octanol–water partition coefficient (Wildman–Crippen LogP) is 9.30. The van der Waals surface area contributed by atoms with Crippen LogP contribution in [0, 0.1) is 35.2 Å². The van der Waals surface area contributed by atoms with Crippen molar-refractivity contribution in [1.82, 2.24) is 0 Å². The molecular formula is C27H32ClF3. The maximum absolute atomic E-state index is 14.8. The van der Waals surface area contributed by atoms with Crippen molar-refractivity contribution in [1.29, 1.82) is 0 Å². The van der Waals surface area contributed by atoms with E-state index in [1.807, 2.05) is 0 Å². The van der Waals surface area contributed by atoms with Crippen molar-refractivity contribution >= 4 is 11.6 Å². The number of benzene rings is 2. The molecule has 31 heavy (non-hydrogen) atoms. The van der Waals surface area contributed by atoms with Crippen molar-refractivity contribution in [3.63, 3.8) is 0 Å². The summed E-state index contributed by atoms with van der Waals surface area (Å²) in [7, 11) is 0. The fourth-order valence-electron chi connectivity index (χ4n) is 5.63. The van der Waals surface area contributed by atoms with Crippen LogP contribution < -0.4 is 0 Å². The Morgan fingerprint density at radius 3 is 1.84 bits per heavy atom. The second kappa shape index (κ2) is 9.98. The van der Waals surface area contributed by atoms with Crippen molar-refractivity contribution < 1.29 is 13.2 Å². The molecule has 0 atom stereocenters. The summed E-state index contributed by atoms with van der Waals surface area (Å²) in [5, 5.41) is -0.0593. The van der Waals surface area contributed by atoms with Gasteiger partial charge in [0.25, 0.3) is 0 Å². The summed E-state index contributed by atoms with van der Waals surface area (Å²) in [6.45, 7) is 2.36. The molecule has 0 amide bonds. The Morgan fingerprint density at radius 2 is 1.29 bits per heavy atom. The lowest BCUT2D eigenvalue weighted by Gasteiger charge is -2.31. The van der Waals surface area contributed by atoms with E-state index in [4.69, 9.17) is 11.6 Å². The summed E-state index contributed by atoms with van der Waals surface area (Å²) in [6, 6.07) is 6.75. The van der Waals surface area contributed by atoms with Crippen molar-refractivity contribution in [3.05, 3.63) is 58.4 Å². The molecule has 0 radical (unpaired) electrons. The minimum absolute atomic E-state index is 0.0593. The molecule has 2 aromatic rings. The molecule has 2 aromatic carbocycles. The SMILES string of the molecule is C[C@H]1CC[C@H](CCC2CCC(c3cc(F)c(-c4ccc(Cl)c(F)c4)c(F)c3)CC2)CC1. The summed E-state index contributed by atoms with van der Waals surface area (Å²) >= 11 is 5.70. The van der Waals surface area contributed by atoms with Gasteiger partial charge in [0.05, 0.1) is 10.6 Å². The van der Waals surface area contributed by atoms with E-state index < -0.39 is 17.5 Å². The molecule has 4 heteroatoms. The minimum Gasteiger partial charge on any atom is -0.206 e. The van der Waals surface area contributed by atoms with Crippen molar-refractivity contribution in [2.24, 2.45) is 17.8 Å². The van der Waals surface area contributed by atoms with E-state index in [1.54, 1.807) is 0 Å².